The van der Waals surface area contributed by atoms with Crippen molar-refractivity contribution in [3.8, 4) is 5.75 Å². The molecule has 2 rings (SSSR count). The Labute approximate surface area is 90.1 Å². The number of halogens is 2. The van der Waals surface area contributed by atoms with E-state index in [1.807, 2.05) is 0 Å². The molecule has 16 heavy (non-hydrogen) atoms. The van der Waals surface area contributed by atoms with E-state index >= 15 is 0 Å². The summed E-state index contributed by atoms with van der Waals surface area (Å²) in [6.07, 6.45) is 1.68. The molecular formula is C10H8F2N2O2. The van der Waals surface area contributed by atoms with Crippen LogP contribution in [0.15, 0.2) is 29.4 Å². The number of rotatable bonds is 3. The average Bonchev–Trinajstić information content (AvgIpc) is 2.64. The van der Waals surface area contributed by atoms with Gasteiger partial charge in [0.25, 0.3) is 5.91 Å². The Morgan fingerprint density at radius 2 is 2.25 bits per heavy atom. The number of hydrogen-bond donors (Lipinski definition) is 0. The molecule has 0 spiro atoms. The second-order valence-corrected chi connectivity index (χ2v) is 3.08. The third-order valence-corrected chi connectivity index (χ3v) is 1.99. The monoisotopic (exact) mass is 226 g/mol. The van der Waals surface area contributed by atoms with Crippen molar-refractivity contribution in [2.45, 2.75) is 13.0 Å². The first-order valence-corrected chi connectivity index (χ1v) is 4.57. The van der Waals surface area contributed by atoms with Gasteiger partial charge in [0.15, 0.2) is 0 Å². The molecule has 0 unspecified atom stereocenters. The zero-order valence-electron chi connectivity index (χ0n) is 8.14. The zero-order valence-corrected chi connectivity index (χ0v) is 8.14. The first kappa shape index (κ1) is 10.5. The van der Waals surface area contributed by atoms with E-state index in [1.54, 1.807) is 6.07 Å². The van der Waals surface area contributed by atoms with Crippen molar-refractivity contribution in [1.29, 1.82) is 0 Å². The number of hydrazone groups is 1. The average molecular weight is 226 g/mol. The Balaban J connectivity index is 2.21. The summed E-state index contributed by atoms with van der Waals surface area (Å²) in [6, 6.07) is 5.85. The fourth-order valence-electron chi connectivity index (χ4n) is 1.35. The van der Waals surface area contributed by atoms with Crippen molar-refractivity contribution >= 4 is 17.8 Å². The van der Waals surface area contributed by atoms with Gasteiger partial charge in [0.05, 0.1) is 12.1 Å². The van der Waals surface area contributed by atoms with Crippen LogP contribution >= 0.6 is 0 Å². The van der Waals surface area contributed by atoms with E-state index < -0.39 is 6.61 Å². The number of amides is 1. The molecule has 0 aromatic heterocycles. The smallest absolute Gasteiger partial charge is 0.387 e. The summed E-state index contributed by atoms with van der Waals surface area (Å²) in [5.41, 5.74) is 0.414. The summed E-state index contributed by atoms with van der Waals surface area (Å²) in [4.78, 5) is 11.3. The molecule has 0 bridgehead atoms. The maximum absolute atomic E-state index is 12.0. The van der Waals surface area contributed by atoms with Crippen LogP contribution in [0.25, 0.3) is 0 Å². The topological polar surface area (TPSA) is 41.9 Å². The normalized spacial score (nSPS) is 14.9. The van der Waals surface area contributed by atoms with Crippen LogP contribution in [-0.2, 0) is 4.79 Å². The number of carbonyl (C=O) groups is 1. The Bertz CT molecular complexity index is 435. The third-order valence-electron chi connectivity index (χ3n) is 1.99. The predicted octanol–water partition coefficient (Wildman–Crippen LogP) is 2.01. The lowest BCUT2D eigenvalue weighted by molar-refractivity contribution is -0.116. The first-order valence-electron chi connectivity index (χ1n) is 4.57. The van der Waals surface area contributed by atoms with E-state index in [-0.39, 0.29) is 18.1 Å². The largest absolute Gasteiger partial charge is 0.435 e. The lowest BCUT2D eigenvalue weighted by Crippen LogP contribution is -2.19. The maximum Gasteiger partial charge on any atom is 0.387 e. The molecule has 1 aliphatic heterocycles. The highest BCUT2D eigenvalue weighted by Crippen LogP contribution is 2.24. The highest BCUT2D eigenvalue weighted by Gasteiger charge is 2.19. The van der Waals surface area contributed by atoms with E-state index in [2.05, 4.69) is 9.84 Å². The molecule has 1 aromatic rings. The van der Waals surface area contributed by atoms with E-state index in [9.17, 15) is 13.6 Å². The molecule has 1 heterocycles. The molecule has 0 fully saturated rings. The molecule has 1 aliphatic rings. The van der Waals surface area contributed by atoms with E-state index in [0.717, 1.165) is 5.01 Å². The van der Waals surface area contributed by atoms with E-state index in [1.165, 1.54) is 24.4 Å². The van der Waals surface area contributed by atoms with E-state index in [4.69, 9.17) is 0 Å². The fraction of sp³-hybridized carbons (Fsp3) is 0.200. The minimum Gasteiger partial charge on any atom is -0.435 e. The van der Waals surface area contributed by atoms with Gasteiger partial charge >= 0.3 is 6.61 Å². The highest BCUT2D eigenvalue weighted by atomic mass is 19.3. The minimum absolute atomic E-state index is 0.00222. The molecular weight excluding hydrogens is 218 g/mol. The zero-order chi connectivity index (χ0) is 11.5. The van der Waals surface area contributed by atoms with Gasteiger partial charge in [-0.3, -0.25) is 4.79 Å². The van der Waals surface area contributed by atoms with Crippen molar-refractivity contribution in [2.24, 2.45) is 5.10 Å². The van der Waals surface area contributed by atoms with Crippen LogP contribution < -0.4 is 9.75 Å². The van der Waals surface area contributed by atoms with Gasteiger partial charge < -0.3 is 4.74 Å². The van der Waals surface area contributed by atoms with Crippen LogP contribution in [0, 0.1) is 0 Å². The highest BCUT2D eigenvalue weighted by molar-refractivity contribution is 6.05. The number of ether oxygens (including phenoxy) is 1. The molecule has 6 heteroatoms. The van der Waals surface area contributed by atoms with Gasteiger partial charge in [-0.1, -0.05) is 6.07 Å². The molecule has 0 N–H and O–H groups in total. The summed E-state index contributed by atoms with van der Waals surface area (Å²) in [7, 11) is 0. The van der Waals surface area contributed by atoms with E-state index in [0.29, 0.717) is 5.69 Å². The number of hydrogen-bond acceptors (Lipinski definition) is 3. The van der Waals surface area contributed by atoms with Crippen molar-refractivity contribution < 1.29 is 18.3 Å². The predicted molar refractivity (Wildman–Crippen MR) is 53.7 cm³/mol. The molecule has 84 valence electrons. The van der Waals surface area contributed by atoms with Crippen LogP contribution in [0.5, 0.6) is 5.75 Å². The summed E-state index contributed by atoms with van der Waals surface area (Å²) in [5, 5.41) is 4.97. The van der Waals surface area contributed by atoms with Crippen molar-refractivity contribution in [3.05, 3.63) is 24.3 Å². The molecule has 1 amide bonds. The van der Waals surface area contributed by atoms with Gasteiger partial charge in [-0.25, -0.2) is 5.01 Å². The number of nitrogens with zero attached hydrogens (tertiary/aromatic N) is 2. The second-order valence-electron chi connectivity index (χ2n) is 3.08. The van der Waals surface area contributed by atoms with Crippen LogP contribution in [0.3, 0.4) is 0 Å². The lowest BCUT2D eigenvalue weighted by atomic mass is 10.3. The molecule has 0 saturated carbocycles. The molecule has 0 saturated heterocycles. The summed E-state index contributed by atoms with van der Waals surface area (Å²) >= 11 is 0. The number of anilines is 1. The molecule has 0 aliphatic carbocycles. The van der Waals surface area contributed by atoms with Crippen molar-refractivity contribution in [2.75, 3.05) is 5.01 Å². The quantitative estimate of drug-likeness (QED) is 0.791. The number of carbonyl (C=O) groups excluding carboxylic acids is 1. The number of alkyl halides is 2. The molecule has 0 radical (unpaired) electrons. The van der Waals surface area contributed by atoms with Gasteiger partial charge in [0.1, 0.15) is 5.75 Å². The summed E-state index contributed by atoms with van der Waals surface area (Å²) in [5.74, 6) is -0.198. The fourth-order valence-corrected chi connectivity index (χ4v) is 1.35. The van der Waals surface area contributed by atoms with Crippen LogP contribution in [-0.4, -0.2) is 18.7 Å². The van der Waals surface area contributed by atoms with Gasteiger partial charge in [-0.05, 0) is 12.1 Å². The minimum atomic E-state index is -2.88. The Morgan fingerprint density at radius 3 is 2.88 bits per heavy atom. The molecule has 4 nitrogen and oxygen atoms in total. The van der Waals surface area contributed by atoms with Crippen LogP contribution in [0.1, 0.15) is 6.42 Å². The van der Waals surface area contributed by atoms with Crippen LogP contribution in [0.4, 0.5) is 14.5 Å². The standard InChI is InChI=1S/C10H8F2N2O2/c11-10(12)16-8-3-1-2-7(6-8)14-9(15)4-5-13-14/h1-3,5-6,10H,4H2. The Morgan fingerprint density at radius 1 is 1.44 bits per heavy atom. The summed E-state index contributed by atoms with van der Waals surface area (Å²) < 4.78 is 28.2. The first-order chi connectivity index (χ1) is 7.66. The Kier molecular flexibility index (Phi) is 2.80. The van der Waals surface area contributed by atoms with Gasteiger partial charge in [0, 0.05) is 12.3 Å². The van der Waals surface area contributed by atoms with Gasteiger partial charge in [-0.15, -0.1) is 0 Å². The van der Waals surface area contributed by atoms with Crippen molar-refractivity contribution in [3.63, 3.8) is 0 Å². The summed E-state index contributed by atoms with van der Waals surface area (Å²) in [6.45, 7) is -2.88. The lowest BCUT2D eigenvalue weighted by Gasteiger charge is -2.13. The Hall–Kier alpha value is -1.98. The maximum atomic E-state index is 12.0. The molecule has 0 atom stereocenters. The van der Waals surface area contributed by atoms with Gasteiger partial charge in [0.2, 0.25) is 0 Å². The SMILES string of the molecule is O=C1CC=NN1c1cccc(OC(F)F)c1. The molecule has 1 aromatic carbocycles. The van der Waals surface area contributed by atoms with Gasteiger partial charge in [-0.2, -0.15) is 13.9 Å². The second kappa shape index (κ2) is 4.26. The van der Waals surface area contributed by atoms with Crippen LogP contribution in [0.2, 0.25) is 0 Å². The van der Waals surface area contributed by atoms with Crippen molar-refractivity contribution in [1.82, 2.24) is 0 Å². The third kappa shape index (κ3) is 2.16. The number of benzene rings is 1.